The third-order valence-corrected chi connectivity index (χ3v) is 5.69. The van der Waals surface area contributed by atoms with Crippen molar-refractivity contribution in [3.05, 3.63) is 91.8 Å². The van der Waals surface area contributed by atoms with Crippen LogP contribution in [0.2, 0.25) is 10.0 Å². The number of carbonyl (C=O) groups is 1. The van der Waals surface area contributed by atoms with E-state index in [-0.39, 0.29) is 12.3 Å². The minimum atomic E-state index is -0.450. The highest BCUT2D eigenvalue weighted by Gasteiger charge is 2.22. The van der Waals surface area contributed by atoms with E-state index in [2.05, 4.69) is 31.5 Å². The fourth-order valence-corrected chi connectivity index (χ4v) is 3.60. The van der Waals surface area contributed by atoms with Crippen molar-refractivity contribution in [1.82, 2.24) is 14.9 Å². The molecule has 1 N–H and O–H groups in total. The maximum atomic E-state index is 12.9. The summed E-state index contributed by atoms with van der Waals surface area (Å²) in [5, 5.41) is 12.4. The van der Waals surface area contributed by atoms with E-state index >= 15 is 0 Å². The van der Waals surface area contributed by atoms with Crippen LogP contribution in [0, 0.1) is 6.92 Å². The van der Waals surface area contributed by atoms with Gasteiger partial charge in [0, 0.05) is 16.2 Å². The molecule has 0 fully saturated rings. The highest BCUT2D eigenvalue weighted by atomic mass is 79.9. The molecule has 1 amide bonds. The molecule has 0 spiro atoms. The second-order valence-corrected chi connectivity index (χ2v) is 8.64. The summed E-state index contributed by atoms with van der Waals surface area (Å²) in [5.41, 5.74) is 1.71. The first kappa shape index (κ1) is 22.4. The second-order valence-electron chi connectivity index (χ2n) is 6.91. The molecule has 10 heteroatoms. The lowest BCUT2D eigenvalue weighted by molar-refractivity contribution is 0.101. The van der Waals surface area contributed by atoms with Crippen LogP contribution in [-0.4, -0.2) is 20.8 Å². The maximum absolute atomic E-state index is 12.9. The molecule has 2 aromatic carbocycles. The number of hydrogen-bond acceptors (Lipinski definition) is 5. The van der Waals surface area contributed by atoms with Crippen LogP contribution in [-0.2, 0) is 13.2 Å². The summed E-state index contributed by atoms with van der Waals surface area (Å²) in [6, 6.07) is 14.4. The SMILES string of the molecule is Cc1onc(C(=O)Nc2nn(Cc3ccc(Cl)cc3)cc2Br)c1COc1ccc(Cl)cc1. The Morgan fingerprint density at radius 3 is 2.47 bits per heavy atom. The lowest BCUT2D eigenvalue weighted by atomic mass is 10.2. The van der Waals surface area contributed by atoms with Crippen molar-refractivity contribution in [2.24, 2.45) is 0 Å². The highest BCUT2D eigenvalue weighted by Crippen LogP contribution is 2.24. The third kappa shape index (κ3) is 5.32. The van der Waals surface area contributed by atoms with Crippen molar-refractivity contribution in [1.29, 1.82) is 0 Å². The molecule has 164 valence electrons. The van der Waals surface area contributed by atoms with Crippen LogP contribution >= 0.6 is 39.1 Å². The highest BCUT2D eigenvalue weighted by molar-refractivity contribution is 9.10. The lowest BCUT2D eigenvalue weighted by Gasteiger charge is -2.07. The molecule has 0 atom stereocenters. The van der Waals surface area contributed by atoms with Crippen LogP contribution in [0.25, 0.3) is 0 Å². The van der Waals surface area contributed by atoms with Crippen LogP contribution < -0.4 is 10.1 Å². The zero-order valence-electron chi connectivity index (χ0n) is 16.8. The number of nitrogens with zero attached hydrogens (tertiary/aromatic N) is 3. The summed E-state index contributed by atoms with van der Waals surface area (Å²) in [4.78, 5) is 12.9. The number of nitrogens with one attached hydrogen (secondary N) is 1. The van der Waals surface area contributed by atoms with E-state index in [0.717, 1.165) is 5.56 Å². The smallest absolute Gasteiger partial charge is 0.279 e. The van der Waals surface area contributed by atoms with Crippen LogP contribution in [0.15, 0.2) is 63.7 Å². The Balaban J connectivity index is 1.45. The maximum Gasteiger partial charge on any atom is 0.279 e. The summed E-state index contributed by atoms with van der Waals surface area (Å²) in [5.74, 6) is 1.03. The first-order chi connectivity index (χ1) is 15.4. The van der Waals surface area contributed by atoms with Gasteiger partial charge in [-0.2, -0.15) is 5.10 Å². The van der Waals surface area contributed by atoms with Crippen molar-refractivity contribution in [2.45, 2.75) is 20.1 Å². The largest absolute Gasteiger partial charge is 0.489 e. The number of carbonyl (C=O) groups excluding carboxylic acids is 1. The zero-order valence-corrected chi connectivity index (χ0v) is 19.9. The molecule has 0 aliphatic rings. The molecule has 7 nitrogen and oxygen atoms in total. The summed E-state index contributed by atoms with van der Waals surface area (Å²) >= 11 is 15.3. The van der Waals surface area contributed by atoms with Gasteiger partial charge in [-0.3, -0.25) is 9.48 Å². The normalized spacial score (nSPS) is 10.9. The molecule has 2 heterocycles. The van der Waals surface area contributed by atoms with E-state index in [9.17, 15) is 4.79 Å². The van der Waals surface area contributed by atoms with Crippen molar-refractivity contribution in [2.75, 3.05) is 5.32 Å². The molecule has 0 radical (unpaired) electrons. The van der Waals surface area contributed by atoms with Crippen molar-refractivity contribution >= 4 is 50.9 Å². The molecule has 0 aliphatic carbocycles. The summed E-state index contributed by atoms with van der Waals surface area (Å²) < 4.78 is 13.3. The van der Waals surface area contributed by atoms with E-state index in [4.69, 9.17) is 32.5 Å². The van der Waals surface area contributed by atoms with E-state index in [1.54, 1.807) is 42.1 Å². The van der Waals surface area contributed by atoms with Gasteiger partial charge >= 0.3 is 0 Å². The molecule has 0 saturated heterocycles. The van der Waals surface area contributed by atoms with Gasteiger partial charge in [-0.1, -0.05) is 40.5 Å². The Bertz CT molecular complexity index is 1240. The first-order valence-corrected chi connectivity index (χ1v) is 11.1. The second kappa shape index (κ2) is 9.77. The Hall–Kier alpha value is -2.81. The lowest BCUT2D eigenvalue weighted by Crippen LogP contribution is -2.16. The third-order valence-electron chi connectivity index (χ3n) is 4.60. The average Bonchev–Trinajstić information content (AvgIpc) is 3.31. The van der Waals surface area contributed by atoms with E-state index in [1.165, 1.54) is 0 Å². The predicted molar refractivity (Wildman–Crippen MR) is 125 cm³/mol. The van der Waals surface area contributed by atoms with Crippen LogP contribution in [0.1, 0.15) is 27.4 Å². The fourth-order valence-electron chi connectivity index (χ4n) is 2.93. The van der Waals surface area contributed by atoms with Crippen LogP contribution in [0.3, 0.4) is 0 Å². The van der Waals surface area contributed by atoms with Gasteiger partial charge in [0.15, 0.2) is 11.5 Å². The minimum absolute atomic E-state index is 0.117. The van der Waals surface area contributed by atoms with Gasteiger partial charge in [-0.25, -0.2) is 0 Å². The topological polar surface area (TPSA) is 82.2 Å². The average molecular weight is 536 g/mol. The van der Waals surface area contributed by atoms with Crippen molar-refractivity contribution in [3.63, 3.8) is 0 Å². The number of rotatable bonds is 7. The minimum Gasteiger partial charge on any atom is -0.489 e. The Labute approximate surface area is 202 Å². The summed E-state index contributed by atoms with van der Waals surface area (Å²) in [7, 11) is 0. The Kier molecular flexibility index (Phi) is 6.83. The summed E-state index contributed by atoms with van der Waals surface area (Å²) in [6.45, 7) is 2.36. The van der Waals surface area contributed by atoms with E-state index in [1.807, 2.05) is 24.3 Å². The zero-order chi connectivity index (χ0) is 22.7. The Morgan fingerprint density at radius 1 is 1.12 bits per heavy atom. The van der Waals surface area contributed by atoms with Crippen molar-refractivity contribution in [3.8, 4) is 5.75 Å². The molecular weight excluding hydrogens is 519 g/mol. The molecule has 0 bridgehead atoms. The predicted octanol–water partition coefficient (Wildman–Crippen LogP) is 6.13. The standard InChI is InChI=1S/C22H17BrCl2N4O3/c1-13-18(12-31-17-8-6-16(25)7-9-17)20(28-32-13)22(30)26-21-19(23)11-29(27-21)10-14-2-4-15(24)5-3-14/h2-9,11H,10,12H2,1H3,(H,26,27,30). The van der Waals surface area contributed by atoms with Crippen molar-refractivity contribution < 1.29 is 14.1 Å². The number of anilines is 1. The fraction of sp³-hybridized carbons (Fsp3) is 0.136. The molecule has 0 aliphatic heterocycles. The number of halogens is 3. The number of hydrogen-bond donors (Lipinski definition) is 1. The first-order valence-electron chi connectivity index (χ1n) is 9.51. The van der Waals surface area contributed by atoms with Gasteiger partial charge in [-0.05, 0) is 64.8 Å². The Morgan fingerprint density at radius 2 is 1.78 bits per heavy atom. The van der Waals surface area contributed by atoms with Gasteiger partial charge in [0.25, 0.3) is 5.91 Å². The molecule has 0 saturated carbocycles. The molecule has 0 unspecified atom stereocenters. The monoisotopic (exact) mass is 534 g/mol. The van der Waals surface area contributed by atoms with E-state index in [0.29, 0.717) is 44.0 Å². The molecule has 2 aromatic heterocycles. The van der Waals surface area contributed by atoms with Gasteiger partial charge in [0.05, 0.1) is 16.6 Å². The number of aryl methyl sites for hydroxylation is 1. The quantitative estimate of drug-likeness (QED) is 0.308. The van der Waals surface area contributed by atoms with Crippen LogP contribution in [0.5, 0.6) is 5.75 Å². The van der Waals surface area contributed by atoms with Gasteiger partial charge < -0.3 is 14.6 Å². The number of ether oxygens (including phenoxy) is 1. The van der Waals surface area contributed by atoms with Gasteiger partial charge in [-0.15, -0.1) is 0 Å². The molecule has 4 aromatic rings. The van der Waals surface area contributed by atoms with Crippen LogP contribution in [0.4, 0.5) is 5.82 Å². The molecular formula is C22H17BrCl2N4O3. The molecule has 4 rings (SSSR count). The number of aromatic nitrogens is 3. The summed E-state index contributed by atoms with van der Waals surface area (Å²) in [6.07, 6.45) is 1.78. The molecule has 32 heavy (non-hydrogen) atoms. The number of benzene rings is 2. The van der Waals surface area contributed by atoms with Gasteiger partial charge in [0.1, 0.15) is 18.1 Å². The van der Waals surface area contributed by atoms with E-state index < -0.39 is 5.91 Å². The van der Waals surface area contributed by atoms with Gasteiger partial charge in [0.2, 0.25) is 0 Å². The number of amides is 1.